The Bertz CT molecular complexity index is 1330. The molecule has 0 saturated heterocycles. The number of rotatable bonds is 9. The lowest BCUT2D eigenvalue weighted by molar-refractivity contribution is -0.118. The maximum atomic E-state index is 13.4. The van der Waals surface area contributed by atoms with Crippen molar-refractivity contribution in [3.8, 4) is 22.9 Å². The van der Waals surface area contributed by atoms with Crippen LogP contribution >= 0.6 is 12.8 Å². The van der Waals surface area contributed by atoms with Crippen molar-refractivity contribution in [2.75, 3.05) is 19.0 Å². The third kappa shape index (κ3) is 6.09. The number of nitriles is 1. The average molecular weight is 484 g/mol. The summed E-state index contributed by atoms with van der Waals surface area (Å²) in [7, 11) is 1.57. The van der Waals surface area contributed by atoms with Gasteiger partial charge in [0.25, 0.3) is 0 Å². The predicted octanol–water partition coefficient (Wildman–Crippen LogP) is 4.64. The molecule has 0 spiro atoms. The van der Waals surface area contributed by atoms with Crippen LogP contribution in [0.4, 0.5) is 5.69 Å². The van der Waals surface area contributed by atoms with Gasteiger partial charge in [0.05, 0.1) is 30.6 Å². The highest BCUT2D eigenvalue weighted by atomic mass is 32.1. The fourth-order valence-electron chi connectivity index (χ4n) is 3.75. The van der Waals surface area contributed by atoms with E-state index in [1.54, 1.807) is 31.6 Å². The zero-order valence-corrected chi connectivity index (χ0v) is 20.1. The molecule has 4 rings (SSSR count). The van der Waals surface area contributed by atoms with Crippen LogP contribution in [-0.4, -0.2) is 28.7 Å². The normalized spacial score (nSPS) is 11.5. The average Bonchev–Trinajstić information content (AvgIpc) is 3.33. The fourth-order valence-corrected chi connectivity index (χ4v) is 3.93. The first-order valence-electron chi connectivity index (χ1n) is 11.1. The van der Waals surface area contributed by atoms with Crippen LogP contribution in [0.1, 0.15) is 22.7 Å². The number of thiol groups is 1. The van der Waals surface area contributed by atoms with E-state index in [1.807, 2.05) is 60.7 Å². The highest BCUT2D eigenvalue weighted by Gasteiger charge is 2.21. The van der Waals surface area contributed by atoms with Crippen molar-refractivity contribution < 1.29 is 9.53 Å². The van der Waals surface area contributed by atoms with Gasteiger partial charge in [0.15, 0.2) is 0 Å². The molecular formula is C27H25N5O2S. The number of hydrogen-bond acceptors (Lipinski definition) is 6. The monoisotopic (exact) mass is 483 g/mol. The van der Waals surface area contributed by atoms with Crippen LogP contribution in [0.2, 0.25) is 0 Å². The second-order valence-corrected chi connectivity index (χ2v) is 8.32. The van der Waals surface area contributed by atoms with Crippen LogP contribution in [0.5, 0.6) is 5.75 Å². The van der Waals surface area contributed by atoms with Gasteiger partial charge in [-0.1, -0.05) is 48.5 Å². The summed E-state index contributed by atoms with van der Waals surface area (Å²) in [5.41, 5.74) is 4.95. The Morgan fingerprint density at radius 3 is 2.54 bits per heavy atom. The molecule has 7 nitrogen and oxygen atoms in total. The van der Waals surface area contributed by atoms with E-state index < -0.39 is 6.04 Å². The van der Waals surface area contributed by atoms with Crippen LogP contribution in [0.3, 0.4) is 0 Å². The van der Waals surface area contributed by atoms with E-state index in [0.717, 1.165) is 28.7 Å². The van der Waals surface area contributed by atoms with Crippen molar-refractivity contribution in [1.82, 2.24) is 14.5 Å². The molecule has 0 radical (unpaired) electrons. The van der Waals surface area contributed by atoms with E-state index >= 15 is 0 Å². The summed E-state index contributed by atoms with van der Waals surface area (Å²) in [5, 5.41) is 19.4. The van der Waals surface area contributed by atoms with Gasteiger partial charge in [0, 0.05) is 18.3 Å². The van der Waals surface area contributed by atoms with Gasteiger partial charge < -0.3 is 15.4 Å². The molecule has 4 aromatic rings. The topological polar surface area (TPSA) is 92.0 Å². The zero-order valence-electron chi connectivity index (χ0n) is 19.2. The van der Waals surface area contributed by atoms with Crippen molar-refractivity contribution in [3.05, 3.63) is 102 Å². The zero-order chi connectivity index (χ0) is 24.6. The molecule has 0 aliphatic rings. The number of carbonyl (C=O) groups is 1. The van der Waals surface area contributed by atoms with Gasteiger partial charge in [-0.15, -0.1) is 0 Å². The second-order valence-electron chi connectivity index (χ2n) is 7.91. The first kappa shape index (κ1) is 24.1. The minimum absolute atomic E-state index is 0.190. The van der Waals surface area contributed by atoms with Crippen molar-refractivity contribution >= 4 is 24.4 Å². The Kier molecular flexibility index (Phi) is 7.83. The number of amides is 1. The quantitative estimate of drug-likeness (QED) is 0.302. The summed E-state index contributed by atoms with van der Waals surface area (Å²) in [5.74, 6) is 0.359. The lowest BCUT2D eigenvalue weighted by Crippen LogP contribution is -2.34. The van der Waals surface area contributed by atoms with Gasteiger partial charge in [0.1, 0.15) is 11.8 Å². The first-order valence-corrected chi connectivity index (χ1v) is 11.5. The second kappa shape index (κ2) is 11.4. The summed E-state index contributed by atoms with van der Waals surface area (Å²) in [6.07, 6.45) is 4.22. The van der Waals surface area contributed by atoms with Gasteiger partial charge >= 0.3 is 0 Å². The summed E-state index contributed by atoms with van der Waals surface area (Å²) in [4.78, 5) is 13.4. The highest BCUT2D eigenvalue weighted by molar-refractivity contribution is 7.78. The molecule has 0 bridgehead atoms. The van der Waals surface area contributed by atoms with E-state index in [0.29, 0.717) is 23.5 Å². The molecule has 176 valence electrons. The number of benzene rings is 3. The number of carbonyl (C=O) groups excluding carboxylic acids is 1. The third-order valence-corrected chi connectivity index (χ3v) is 5.82. The van der Waals surface area contributed by atoms with Crippen molar-refractivity contribution in [3.63, 3.8) is 0 Å². The molecule has 0 aliphatic heterocycles. The maximum Gasteiger partial charge on any atom is 0.246 e. The first-order chi connectivity index (χ1) is 17.1. The molecular weight excluding hydrogens is 458 g/mol. The number of methoxy groups -OCH3 is 1. The van der Waals surface area contributed by atoms with Gasteiger partial charge in [-0.25, -0.2) is 4.09 Å². The van der Waals surface area contributed by atoms with E-state index in [-0.39, 0.29) is 5.91 Å². The van der Waals surface area contributed by atoms with Crippen LogP contribution in [0.15, 0.2) is 85.2 Å². The Hall–Kier alpha value is -4.06. The summed E-state index contributed by atoms with van der Waals surface area (Å²) in [6.45, 7) is 0.586. The van der Waals surface area contributed by atoms with E-state index in [1.165, 1.54) is 4.09 Å². The Balaban J connectivity index is 1.49. The summed E-state index contributed by atoms with van der Waals surface area (Å²) in [6, 6.07) is 24.2. The molecule has 0 aliphatic carbocycles. The minimum atomic E-state index is -0.554. The molecule has 0 saturated carbocycles. The van der Waals surface area contributed by atoms with E-state index in [9.17, 15) is 4.79 Å². The molecule has 1 atom stereocenters. The maximum absolute atomic E-state index is 13.4. The number of nitrogens with zero attached hydrogens (tertiary/aromatic N) is 3. The smallest absolute Gasteiger partial charge is 0.246 e. The lowest BCUT2D eigenvalue weighted by Gasteiger charge is -2.20. The molecule has 1 heterocycles. The van der Waals surface area contributed by atoms with Gasteiger partial charge in [-0.2, -0.15) is 10.4 Å². The molecule has 35 heavy (non-hydrogen) atoms. The Labute approximate surface area is 209 Å². The van der Waals surface area contributed by atoms with Crippen molar-refractivity contribution in [2.24, 2.45) is 0 Å². The van der Waals surface area contributed by atoms with Gasteiger partial charge in [-0.3, -0.25) is 4.79 Å². The number of ether oxygens (including phenoxy) is 1. The standard InChI is InChI=1S/C27H25N5O2S/c1-34-25-15-22(23-17-30-32(35)18-23)11-12-24(25)31-27(33)26(21-5-3-2-4-6-21)29-14-13-19-7-9-20(16-28)10-8-19/h2-12,15,17-18,26,29,35H,13-14H2,1H3,(H,31,33). The van der Waals surface area contributed by atoms with E-state index in [2.05, 4.69) is 34.6 Å². The summed E-state index contributed by atoms with van der Waals surface area (Å²) >= 11 is 4.18. The minimum Gasteiger partial charge on any atom is -0.495 e. The SMILES string of the molecule is COc1cc(-c2cnn(S)c2)ccc1NC(=O)C(NCCc1ccc(C#N)cc1)c1ccccc1. The number of anilines is 1. The van der Waals surface area contributed by atoms with Crippen LogP contribution < -0.4 is 15.4 Å². The predicted molar refractivity (Wildman–Crippen MR) is 139 cm³/mol. The summed E-state index contributed by atoms with van der Waals surface area (Å²) < 4.78 is 6.99. The third-order valence-electron chi connectivity index (χ3n) is 5.60. The van der Waals surface area contributed by atoms with Crippen LogP contribution in [0.25, 0.3) is 11.1 Å². The molecule has 1 amide bonds. The number of hydrogen-bond donors (Lipinski definition) is 3. The number of aromatic nitrogens is 2. The molecule has 3 aromatic carbocycles. The Morgan fingerprint density at radius 1 is 1.11 bits per heavy atom. The molecule has 1 aromatic heterocycles. The number of nitrogens with one attached hydrogen (secondary N) is 2. The molecule has 8 heteroatoms. The molecule has 1 unspecified atom stereocenters. The largest absolute Gasteiger partial charge is 0.495 e. The molecule has 2 N–H and O–H groups in total. The van der Waals surface area contributed by atoms with Crippen molar-refractivity contribution in [2.45, 2.75) is 12.5 Å². The van der Waals surface area contributed by atoms with Crippen molar-refractivity contribution in [1.29, 1.82) is 5.26 Å². The van der Waals surface area contributed by atoms with E-state index in [4.69, 9.17) is 10.00 Å². The molecule has 0 fully saturated rings. The van der Waals surface area contributed by atoms with Crippen LogP contribution in [-0.2, 0) is 11.2 Å². The van der Waals surface area contributed by atoms with Gasteiger partial charge in [-0.05, 0) is 60.2 Å². The fraction of sp³-hybridized carbons (Fsp3) is 0.148. The lowest BCUT2D eigenvalue weighted by atomic mass is 10.0. The van der Waals surface area contributed by atoms with Crippen LogP contribution in [0, 0.1) is 11.3 Å². The van der Waals surface area contributed by atoms with Gasteiger partial charge in [0.2, 0.25) is 5.91 Å². The highest BCUT2D eigenvalue weighted by Crippen LogP contribution is 2.31. The Morgan fingerprint density at radius 2 is 1.89 bits per heavy atom.